The topological polar surface area (TPSA) is 85.7 Å². The monoisotopic (exact) mass is 595 g/mol. The van der Waals surface area contributed by atoms with Crippen molar-refractivity contribution in [3.63, 3.8) is 0 Å². The summed E-state index contributed by atoms with van der Waals surface area (Å²) in [6.45, 7) is 8.13. The van der Waals surface area contributed by atoms with Crippen molar-refractivity contribution in [1.29, 1.82) is 0 Å². The summed E-state index contributed by atoms with van der Waals surface area (Å²) in [4.78, 5) is 32.4. The van der Waals surface area contributed by atoms with Gasteiger partial charge in [0.15, 0.2) is 11.2 Å². The van der Waals surface area contributed by atoms with Gasteiger partial charge < -0.3 is 14.6 Å². The molecule has 2 atom stereocenters. The molecule has 6 rings (SSSR count). The summed E-state index contributed by atoms with van der Waals surface area (Å²) in [6, 6.07) is 18.3. The third-order valence-corrected chi connectivity index (χ3v) is 9.53. The maximum Gasteiger partial charge on any atom is 0.337 e. The lowest BCUT2D eigenvalue weighted by molar-refractivity contribution is -0.160. The molecule has 3 heterocycles. The van der Waals surface area contributed by atoms with Crippen molar-refractivity contribution in [2.24, 2.45) is 5.92 Å². The molecule has 1 N–H and O–H groups in total. The second-order valence-corrected chi connectivity index (χ2v) is 13.5. The lowest BCUT2D eigenvalue weighted by Crippen LogP contribution is -2.28. The number of carboxylic acids is 1. The predicted molar refractivity (Wildman–Crippen MR) is 170 cm³/mol. The molecule has 0 amide bonds. The van der Waals surface area contributed by atoms with Crippen molar-refractivity contribution in [3.8, 4) is 16.9 Å². The average molecular weight is 596 g/mol. The molecule has 7 heteroatoms. The molecule has 2 aliphatic rings. The zero-order valence-corrected chi connectivity index (χ0v) is 25.9. The Labute approximate surface area is 256 Å². The number of aliphatic carboxylic acids is 1. The summed E-state index contributed by atoms with van der Waals surface area (Å²) in [5, 5.41) is 11.6. The molecular weight excluding hydrogens is 558 g/mol. The van der Waals surface area contributed by atoms with E-state index in [1.807, 2.05) is 70.3 Å². The van der Waals surface area contributed by atoms with E-state index in [9.17, 15) is 14.7 Å². The Bertz CT molecular complexity index is 1700. The van der Waals surface area contributed by atoms with E-state index in [-0.39, 0.29) is 11.0 Å². The van der Waals surface area contributed by atoms with Crippen LogP contribution >= 0.6 is 11.8 Å². The van der Waals surface area contributed by atoms with E-state index >= 15 is 0 Å². The maximum absolute atomic E-state index is 13.9. The van der Waals surface area contributed by atoms with Crippen molar-refractivity contribution in [1.82, 2.24) is 4.98 Å². The van der Waals surface area contributed by atoms with Crippen molar-refractivity contribution >= 4 is 33.7 Å². The number of carbonyl (C=O) groups excluding carboxylic acids is 1. The van der Waals surface area contributed by atoms with Gasteiger partial charge in [-0.1, -0.05) is 48.2 Å². The number of nitrogens with zero attached hydrogens (tertiary/aromatic N) is 1. The quantitative estimate of drug-likeness (QED) is 0.232. The van der Waals surface area contributed by atoms with E-state index in [0.29, 0.717) is 12.2 Å². The van der Waals surface area contributed by atoms with Gasteiger partial charge in [0.1, 0.15) is 5.75 Å². The molecular formula is C36H37NO5S. The minimum atomic E-state index is -1.23. The average Bonchev–Trinajstić information content (AvgIpc) is 3.13. The second kappa shape index (κ2) is 11.8. The molecule has 0 spiro atoms. The van der Waals surface area contributed by atoms with Crippen molar-refractivity contribution in [3.05, 3.63) is 88.6 Å². The van der Waals surface area contributed by atoms with Crippen LogP contribution in [-0.4, -0.2) is 33.4 Å². The first-order valence-electron chi connectivity index (χ1n) is 15.0. The highest BCUT2D eigenvalue weighted by Gasteiger charge is 2.36. The van der Waals surface area contributed by atoms with Crippen LogP contribution in [0.15, 0.2) is 65.7 Å². The zero-order valence-electron chi connectivity index (χ0n) is 25.1. The molecule has 0 aliphatic carbocycles. The highest BCUT2D eigenvalue weighted by molar-refractivity contribution is 8.13. The van der Waals surface area contributed by atoms with Crippen LogP contribution in [0.25, 0.3) is 22.0 Å². The molecule has 0 radical (unpaired) electrons. The van der Waals surface area contributed by atoms with Gasteiger partial charge in [-0.15, -0.1) is 0 Å². The fourth-order valence-corrected chi connectivity index (χ4v) is 7.58. The number of aromatic nitrogens is 1. The van der Waals surface area contributed by atoms with Crippen LogP contribution in [0.3, 0.4) is 0 Å². The lowest BCUT2D eigenvalue weighted by atomic mass is 9.86. The van der Waals surface area contributed by atoms with Gasteiger partial charge >= 0.3 is 5.97 Å². The van der Waals surface area contributed by atoms with E-state index in [2.05, 4.69) is 18.2 Å². The van der Waals surface area contributed by atoms with Crippen molar-refractivity contribution in [2.75, 3.05) is 6.61 Å². The standard InChI is InChI=1S/C36H37NO5S/c1-21-20-25-13-12-24(11-10-22-8-6-5-7-9-22)35(40)43-33(25)30(28(21)32(34(38)39)42-36(2,3)4)26-14-15-27-29-23(17-19-41-27)16-18-37-31(26)29/h5-9,14-16,18,20,24,32H,10-13,17,19H2,1-4H3,(H,38,39)/t24?,32-/m0/s1. The Morgan fingerprint density at radius 1 is 1.12 bits per heavy atom. The highest BCUT2D eigenvalue weighted by Crippen LogP contribution is 2.49. The number of hydrogen-bond donors (Lipinski definition) is 1. The molecule has 1 unspecified atom stereocenters. The molecule has 0 bridgehead atoms. The molecule has 222 valence electrons. The normalized spacial score (nSPS) is 17.2. The molecule has 3 aromatic carbocycles. The Kier molecular flexibility index (Phi) is 8.05. The Balaban J connectivity index is 1.53. The summed E-state index contributed by atoms with van der Waals surface area (Å²) in [5.41, 5.74) is 6.41. The number of benzene rings is 3. The minimum Gasteiger partial charge on any atom is -0.493 e. The largest absolute Gasteiger partial charge is 0.493 e. The zero-order chi connectivity index (χ0) is 30.3. The van der Waals surface area contributed by atoms with Crippen LogP contribution in [0.4, 0.5) is 0 Å². The minimum absolute atomic E-state index is 0.0989. The molecule has 0 fully saturated rings. The summed E-state index contributed by atoms with van der Waals surface area (Å²) in [5.74, 6) is -0.388. The van der Waals surface area contributed by atoms with E-state index in [4.69, 9.17) is 14.5 Å². The number of thioether (sulfide) groups is 1. The first-order valence-corrected chi connectivity index (χ1v) is 15.8. The number of pyridine rings is 1. The second-order valence-electron chi connectivity index (χ2n) is 12.5. The number of carbonyl (C=O) groups is 2. The summed E-state index contributed by atoms with van der Waals surface area (Å²) >= 11 is 1.26. The Morgan fingerprint density at radius 3 is 2.65 bits per heavy atom. The highest BCUT2D eigenvalue weighted by atomic mass is 32.2. The van der Waals surface area contributed by atoms with Gasteiger partial charge in [0.2, 0.25) is 0 Å². The van der Waals surface area contributed by atoms with E-state index in [0.717, 1.165) is 81.5 Å². The van der Waals surface area contributed by atoms with Crippen LogP contribution in [0.2, 0.25) is 0 Å². The van der Waals surface area contributed by atoms with Crippen LogP contribution in [0, 0.1) is 12.8 Å². The van der Waals surface area contributed by atoms with Crippen LogP contribution in [0.1, 0.15) is 67.5 Å². The smallest absolute Gasteiger partial charge is 0.337 e. The molecule has 0 saturated heterocycles. The molecule has 0 saturated carbocycles. The number of carboxylic acid groups (broad SMARTS) is 1. The number of aryl methyl sites for hydroxylation is 3. The van der Waals surface area contributed by atoms with E-state index < -0.39 is 17.7 Å². The first kappa shape index (κ1) is 29.4. The number of ether oxygens (including phenoxy) is 2. The fraction of sp³-hybridized carbons (Fsp3) is 0.361. The fourth-order valence-electron chi connectivity index (χ4n) is 6.36. The molecule has 43 heavy (non-hydrogen) atoms. The molecule has 4 aromatic rings. The van der Waals surface area contributed by atoms with Gasteiger partial charge in [-0.3, -0.25) is 9.78 Å². The van der Waals surface area contributed by atoms with Gasteiger partial charge in [0, 0.05) is 45.5 Å². The van der Waals surface area contributed by atoms with Crippen LogP contribution < -0.4 is 4.74 Å². The maximum atomic E-state index is 13.9. The molecule has 1 aromatic heterocycles. The summed E-state index contributed by atoms with van der Waals surface area (Å²) in [7, 11) is 0. The third-order valence-electron chi connectivity index (χ3n) is 8.32. The lowest BCUT2D eigenvalue weighted by Gasteiger charge is -2.30. The molecule has 2 aliphatic heterocycles. The Hall–Kier alpha value is -3.68. The van der Waals surface area contributed by atoms with E-state index in [1.54, 1.807) is 0 Å². The number of rotatable bonds is 7. The number of hydrogen-bond acceptors (Lipinski definition) is 6. The summed E-state index contributed by atoms with van der Waals surface area (Å²) in [6.07, 6.45) is 4.45. The number of fused-ring (bicyclic) bond motifs is 1. The van der Waals surface area contributed by atoms with Gasteiger partial charge in [-0.2, -0.15) is 0 Å². The molecule has 6 nitrogen and oxygen atoms in total. The van der Waals surface area contributed by atoms with Gasteiger partial charge in [-0.25, -0.2) is 4.79 Å². The van der Waals surface area contributed by atoms with Crippen molar-refractivity contribution < 1.29 is 24.2 Å². The Morgan fingerprint density at radius 2 is 1.91 bits per heavy atom. The summed E-state index contributed by atoms with van der Waals surface area (Å²) < 4.78 is 12.2. The van der Waals surface area contributed by atoms with Gasteiger partial charge in [0.25, 0.3) is 0 Å². The van der Waals surface area contributed by atoms with Crippen LogP contribution in [-0.2, 0) is 33.6 Å². The predicted octanol–water partition coefficient (Wildman–Crippen LogP) is 7.90. The van der Waals surface area contributed by atoms with Gasteiger partial charge in [-0.05, 0) is 93.8 Å². The van der Waals surface area contributed by atoms with Gasteiger partial charge in [0.05, 0.1) is 17.7 Å². The first-order chi connectivity index (χ1) is 20.6. The van der Waals surface area contributed by atoms with Crippen molar-refractivity contribution in [2.45, 2.75) is 76.4 Å². The van der Waals surface area contributed by atoms with E-state index in [1.165, 1.54) is 17.3 Å². The third kappa shape index (κ3) is 5.93. The van der Waals surface area contributed by atoms with Crippen LogP contribution in [0.5, 0.6) is 5.75 Å². The SMILES string of the molecule is Cc1cc2c(c(-c3ccc4c5c(ccnc35)CCO4)c1[C@H](OC(C)(C)C)C(=O)O)SC(=O)C(CCc1ccccc1)CC2.